The van der Waals surface area contributed by atoms with E-state index in [0.717, 1.165) is 0 Å². The van der Waals surface area contributed by atoms with Gasteiger partial charge in [0.05, 0.1) is 18.9 Å². The monoisotopic (exact) mass is 395 g/mol. The molecule has 9 heteroatoms. The molecular formula is C18H22ClN3O5. The molecule has 146 valence electrons. The van der Waals surface area contributed by atoms with Crippen LogP contribution in [0.15, 0.2) is 22.7 Å². The summed E-state index contributed by atoms with van der Waals surface area (Å²) in [5, 5.41) is 3.89. The first-order valence-corrected chi connectivity index (χ1v) is 8.74. The molecule has 0 aliphatic heterocycles. The van der Waals surface area contributed by atoms with Gasteiger partial charge in [-0.25, -0.2) is 0 Å². The van der Waals surface area contributed by atoms with E-state index in [9.17, 15) is 9.59 Å². The van der Waals surface area contributed by atoms with E-state index < -0.39 is 5.91 Å². The van der Waals surface area contributed by atoms with Gasteiger partial charge in [0.15, 0.2) is 11.5 Å². The molecule has 0 bridgehead atoms. The molecule has 0 saturated heterocycles. The number of amides is 2. The average molecular weight is 396 g/mol. The number of carbonyl (C=O) groups is 2. The van der Waals surface area contributed by atoms with Crippen molar-refractivity contribution >= 4 is 23.4 Å². The van der Waals surface area contributed by atoms with Crippen molar-refractivity contribution in [1.29, 1.82) is 0 Å². The summed E-state index contributed by atoms with van der Waals surface area (Å²) in [7, 11) is 1.49. The van der Waals surface area contributed by atoms with Gasteiger partial charge in [-0.1, -0.05) is 5.16 Å². The van der Waals surface area contributed by atoms with Crippen molar-refractivity contribution in [1.82, 2.24) is 16.0 Å². The Morgan fingerprint density at radius 3 is 2.59 bits per heavy atom. The van der Waals surface area contributed by atoms with Crippen LogP contribution < -0.4 is 20.3 Å². The lowest BCUT2D eigenvalue weighted by Crippen LogP contribution is -2.41. The smallest absolute Gasteiger partial charge is 0.269 e. The third-order valence-electron chi connectivity index (χ3n) is 3.64. The van der Waals surface area contributed by atoms with Gasteiger partial charge in [-0.15, -0.1) is 0 Å². The van der Waals surface area contributed by atoms with Gasteiger partial charge >= 0.3 is 0 Å². The summed E-state index contributed by atoms with van der Waals surface area (Å²) in [6, 6.07) is 4.77. The van der Waals surface area contributed by atoms with Gasteiger partial charge in [-0.3, -0.25) is 20.4 Å². The minimum absolute atomic E-state index is 0.0274. The summed E-state index contributed by atoms with van der Waals surface area (Å²) in [4.78, 5) is 24.2. The Morgan fingerprint density at radius 2 is 2.00 bits per heavy atom. The highest BCUT2D eigenvalue weighted by atomic mass is 35.5. The molecule has 0 saturated carbocycles. The van der Waals surface area contributed by atoms with Crippen LogP contribution in [0.3, 0.4) is 0 Å². The number of nitrogens with zero attached hydrogens (tertiary/aromatic N) is 1. The zero-order chi connectivity index (χ0) is 20.0. The van der Waals surface area contributed by atoms with Crippen molar-refractivity contribution in [3.63, 3.8) is 0 Å². The van der Waals surface area contributed by atoms with Crippen molar-refractivity contribution in [2.75, 3.05) is 7.11 Å². The lowest BCUT2D eigenvalue weighted by atomic mass is 10.1. The molecule has 1 aromatic carbocycles. The van der Waals surface area contributed by atoms with Gasteiger partial charge in [0.1, 0.15) is 0 Å². The standard InChI is InChI=1S/C18H22ClN3O5/c1-10(2)26-14-7-5-12(9-15(14)25-4)18(24)21-20-16(23)8-6-13-11(3)22-27-17(13)19/h5,7,9-10H,6,8H2,1-4H3,(H,20,23)(H,21,24). The van der Waals surface area contributed by atoms with Crippen LogP contribution in [0.4, 0.5) is 0 Å². The quantitative estimate of drug-likeness (QED) is 0.699. The number of aryl methyl sites for hydroxylation is 1. The number of rotatable bonds is 7. The Balaban J connectivity index is 1.90. The van der Waals surface area contributed by atoms with Gasteiger partial charge < -0.3 is 14.0 Å². The molecule has 27 heavy (non-hydrogen) atoms. The van der Waals surface area contributed by atoms with E-state index in [1.807, 2.05) is 13.8 Å². The SMILES string of the molecule is COc1cc(C(=O)NNC(=O)CCc2c(C)noc2Cl)ccc1OC(C)C. The van der Waals surface area contributed by atoms with E-state index in [2.05, 4.69) is 16.0 Å². The maximum Gasteiger partial charge on any atom is 0.269 e. The topological polar surface area (TPSA) is 103 Å². The summed E-state index contributed by atoms with van der Waals surface area (Å²) in [6.07, 6.45) is 0.442. The van der Waals surface area contributed by atoms with Crippen molar-refractivity contribution in [2.24, 2.45) is 0 Å². The first-order valence-electron chi connectivity index (χ1n) is 8.36. The summed E-state index contributed by atoms with van der Waals surface area (Å²) in [5.41, 5.74) is 6.35. The molecule has 0 aliphatic rings. The molecule has 0 fully saturated rings. The second-order valence-electron chi connectivity index (χ2n) is 6.05. The molecule has 2 N–H and O–H groups in total. The van der Waals surface area contributed by atoms with E-state index in [4.69, 9.17) is 25.6 Å². The molecule has 2 aromatic rings. The highest BCUT2D eigenvalue weighted by Crippen LogP contribution is 2.28. The van der Waals surface area contributed by atoms with Crippen LogP contribution in [-0.2, 0) is 11.2 Å². The molecule has 2 rings (SSSR count). The predicted molar refractivity (Wildman–Crippen MR) is 98.9 cm³/mol. The maximum atomic E-state index is 12.2. The molecule has 1 heterocycles. The molecular weight excluding hydrogens is 374 g/mol. The fourth-order valence-corrected chi connectivity index (χ4v) is 2.57. The minimum atomic E-state index is -0.475. The lowest BCUT2D eigenvalue weighted by Gasteiger charge is -2.14. The third-order valence-corrected chi connectivity index (χ3v) is 3.94. The summed E-state index contributed by atoms with van der Waals surface area (Å²) in [6.45, 7) is 5.53. The fraction of sp³-hybridized carbons (Fsp3) is 0.389. The zero-order valence-electron chi connectivity index (χ0n) is 15.6. The Hall–Kier alpha value is -2.74. The Morgan fingerprint density at radius 1 is 1.26 bits per heavy atom. The van der Waals surface area contributed by atoms with E-state index in [1.54, 1.807) is 25.1 Å². The van der Waals surface area contributed by atoms with E-state index in [1.165, 1.54) is 7.11 Å². The van der Waals surface area contributed by atoms with Crippen LogP contribution >= 0.6 is 11.6 Å². The van der Waals surface area contributed by atoms with Crippen LogP contribution in [0.2, 0.25) is 5.22 Å². The number of hydrogen-bond donors (Lipinski definition) is 2. The minimum Gasteiger partial charge on any atom is -0.493 e. The zero-order valence-corrected chi connectivity index (χ0v) is 16.3. The van der Waals surface area contributed by atoms with Crippen LogP contribution in [-0.4, -0.2) is 30.2 Å². The number of aromatic nitrogens is 1. The largest absolute Gasteiger partial charge is 0.493 e. The number of halogens is 1. The van der Waals surface area contributed by atoms with E-state index >= 15 is 0 Å². The van der Waals surface area contributed by atoms with Crippen molar-refractivity contribution in [3.8, 4) is 11.5 Å². The number of hydrogen-bond acceptors (Lipinski definition) is 6. The summed E-state index contributed by atoms with van der Waals surface area (Å²) >= 11 is 5.86. The van der Waals surface area contributed by atoms with Gasteiger partial charge in [0.25, 0.3) is 5.91 Å². The molecule has 0 unspecified atom stereocenters. The second-order valence-corrected chi connectivity index (χ2v) is 6.40. The fourth-order valence-electron chi connectivity index (χ4n) is 2.30. The highest BCUT2D eigenvalue weighted by Gasteiger charge is 2.15. The van der Waals surface area contributed by atoms with Crippen LogP contribution in [0, 0.1) is 6.92 Å². The number of benzene rings is 1. The normalized spacial score (nSPS) is 10.6. The van der Waals surface area contributed by atoms with Crippen molar-refractivity contribution < 1.29 is 23.6 Å². The third kappa shape index (κ3) is 5.62. The Bertz CT molecular complexity index is 800. The molecule has 0 atom stereocenters. The lowest BCUT2D eigenvalue weighted by molar-refractivity contribution is -0.121. The summed E-state index contributed by atoms with van der Waals surface area (Å²) < 4.78 is 15.7. The van der Waals surface area contributed by atoms with Gasteiger partial charge in [0.2, 0.25) is 11.1 Å². The van der Waals surface area contributed by atoms with Crippen LogP contribution in [0.1, 0.15) is 41.9 Å². The van der Waals surface area contributed by atoms with Crippen molar-refractivity contribution in [2.45, 2.75) is 39.7 Å². The first-order chi connectivity index (χ1) is 12.8. The van der Waals surface area contributed by atoms with Crippen LogP contribution in [0.25, 0.3) is 0 Å². The molecule has 0 radical (unpaired) electrons. The van der Waals surface area contributed by atoms with Gasteiger partial charge in [-0.2, -0.15) is 0 Å². The van der Waals surface area contributed by atoms with Crippen LogP contribution in [0.5, 0.6) is 11.5 Å². The number of nitrogens with one attached hydrogen (secondary N) is 2. The predicted octanol–water partition coefficient (Wildman–Crippen LogP) is 2.83. The molecule has 2 amide bonds. The number of ether oxygens (including phenoxy) is 2. The van der Waals surface area contributed by atoms with Gasteiger partial charge in [0, 0.05) is 17.5 Å². The molecule has 0 spiro atoms. The van der Waals surface area contributed by atoms with E-state index in [-0.39, 0.29) is 23.7 Å². The Kier molecular flexibility index (Phi) is 7.06. The second kappa shape index (κ2) is 9.27. The highest BCUT2D eigenvalue weighted by molar-refractivity contribution is 6.29. The molecule has 1 aromatic heterocycles. The van der Waals surface area contributed by atoms with Crippen molar-refractivity contribution in [3.05, 3.63) is 40.2 Å². The first kappa shape index (κ1) is 20.6. The average Bonchev–Trinajstić information content (AvgIpc) is 2.95. The number of hydrazine groups is 1. The Labute approximate surface area is 162 Å². The maximum absolute atomic E-state index is 12.2. The number of carbonyl (C=O) groups excluding carboxylic acids is 2. The summed E-state index contributed by atoms with van der Waals surface area (Å²) in [5.74, 6) is 0.123. The molecule has 8 nitrogen and oxygen atoms in total. The van der Waals surface area contributed by atoms with Gasteiger partial charge in [-0.05, 0) is 57.0 Å². The number of methoxy groups -OCH3 is 1. The molecule has 0 aliphatic carbocycles. The van der Waals surface area contributed by atoms with E-state index in [0.29, 0.717) is 34.7 Å².